The van der Waals surface area contributed by atoms with Crippen LogP contribution >= 0.6 is 12.4 Å². The molecule has 0 radical (unpaired) electrons. The molecule has 1 aliphatic heterocycles. The van der Waals surface area contributed by atoms with Gasteiger partial charge in [0.15, 0.2) is 11.6 Å². The summed E-state index contributed by atoms with van der Waals surface area (Å²) in [5.74, 6) is 1.79. The van der Waals surface area contributed by atoms with Crippen LogP contribution in [-0.4, -0.2) is 35.1 Å². The van der Waals surface area contributed by atoms with Gasteiger partial charge in [0.2, 0.25) is 0 Å². The number of fused-ring (bicyclic) bond motifs is 1. The molecule has 1 aliphatic carbocycles. The lowest BCUT2D eigenvalue weighted by Crippen LogP contribution is -2.24. The van der Waals surface area contributed by atoms with Crippen molar-refractivity contribution in [2.75, 3.05) is 23.7 Å². The van der Waals surface area contributed by atoms with Gasteiger partial charge in [-0.25, -0.2) is 9.97 Å². The number of anilines is 2. The van der Waals surface area contributed by atoms with Gasteiger partial charge in [-0.1, -0.05) is 12.1 Å². The Hall–Kier alpha value is -1.59. The highest BCUT2D eigenvalue weighted by molar-refractivity contribution is 5.85. The van der Waals surface area contributed by atoms with Crippen LogP contribution in [0.3, 0.4) is 0 Å². The van der Waals surface area contributed by atoms with Crippen molar-refractivity contribution in [1.82, 2.24) is 15.3 Å². The van der Waals surface area contributed by atoms with E-state index in [-0.39, 0.29) is 12.4 Å². The smallest absolute Gasteiger partial charge is 0.170 e. The lowest BCUT2D eigenvalue weighted by atomic mass is 10.2. The standard InChI is InChI=1S/C15H19N5.ClH/c1-2-4-13-12(3-1)19-14(17-10-5-6-10)15(20-13)18-11-7-8-16-9-11;/h1-4,10-11,16H,5-9H2,(H,17,19)(H,18,20);1H/t11-;/m0./s1. The maximum atomic E-state index is 4.76. The van der Waals surface area contributed by atoms with Crippen LogP contribution in [0.5, 0.6) is 0 Å². The summed E-state index contributed by atoms with van der Waals surface area (Å²) < 4.78 is 0. The van der Waals surface area contributed by atoms with E-state index in [9.17, 15) is 0 Å². The number of hydrogen-bond acceptors (Lipinski definition) is 5. The van der Waals surface area contributed by atoms with Gasteiger partial charge in [-0.05, 0) is 37.9 Å². The van der Waals surface area contributed by atoms with Crippen molar-refractivity contribution in [3.8, 4) is 0 Å². The van der Waals surface area contributed by atoms with E-state index in [0.717, 1.165) is 42.2 Å². The molecule has 1 saturated heterocycles. The molecule has 2 heterocycles. The molecule has 1 atom stereocenters. The highest BCUT2D eigenvalue weighted by Crippen LogP contribution is 2.29. The molecule has 3 N–H and O–H groups in total. The predicted octanol–water partition coefficient (Wildman–Crippen LogP) is 2.40. The fourth-order valence-corrected chi connectivity index (χ4v) is 2.59. The van der Waals surface area contributed by atoms with Crippen LogP contribution in [0.4, 0.5) is 11.6 Å². The van der Waals surface area contributed by atoms with Crippen LogP contribution in [0, 0.1) is 0 Å². The second kappa shape index (κ2) is 6.03. The molecule has 4 rings (SSSR count). The zero-order chi connectivity index (χ0) is 13.4. The molecule has 1 saturated carbocycles. The molecule has 2 aliphatic rings. The summed E-state index contributed by atoms with van der Waals surface area (Å²) in [4.78, 5) is 9.50. The van der Waals surface area contributed by atoms with Gasteiger partial charge in [-0.15, -0.1) is 12.4 Å². The Morgan fingerprint density at radius 1 is 0.905 bits per heavy atom. The molecule has 0 spiro atoms. The molecular formula is C15H20ClN5. The highest BCUT2D eigenvalue weighted by atomic mass is 35.5. The van der Waals surface area contributed by atoms with Crippen LogP contribution in [0.15, 0.2) is 24.3 Å². The Balaban J connectivity index is 0.00000132. The summed E-state index contributed by atoms with van der Waals surface area (Å²) in [6, 6.07) is 9.07. The van der Waals surface area contributed by atoms with Crippen molar-refractivity contribution in [1.29, 1.82) is 0 Å². The molecule has 0 bridgehead atoms. The quantitative estimate of drug-likeness (QED) is 0.809. The molecule has 112 valence electrons. The Bertz CT molecular complexity index is 622. The van der Waals surface area contributed by atoms with Gasteiger partial charge >= 0.3 is 0 Å². The van der Waals surface area contributed by atoms with Gasteiger partial charge in [0.1, 0.15) is 0 Å². The fraction of sp³-hybridized carbons (Fsp3) is 0.467. The first-order valence-electron chi connectivity index (χ1n) is 7.39. The Morgan fingerprint density at radius 3 is 2.05 bits per heavy atom. The van der Waals surface area contributed by atoms with Crippen molar-refractivity contribution >= 4 is 35.1 Å². The molecule has 2 aromatic rings. The summed E-state index contributed by atoms with van der Waals surface area (Å²) in [6.07, 6.45) is 3.61. The van der Waals surface area contributed by atoms with Gasteiger partial charge in [0, 0.05) is 18.6 Å². The van der Waals surface area contributed by atoms with Crippen molar-refractivity contribution < 1.29 is 0 Å². The van der Waals surface area contributed by atoms with E-state index in [1.54, 1.807) is 0 Å². The molecule has 0 unspecified atom stereocenters. The monoisotopic (exact) mass is 305 g/mol. The Labute approximate surface area is 130 Å². The van der Waals surface area contributed by atoms with Crippen molar-refractivity contribution in [3.63, 3.8) is 0 Å². The SMILES string of the molecule is Cl.c1ccc2nc(N[C@H]3CCNC3)c(NC3CC3)nc2c1. The number of hydrogen-bond donors (Lipinski definition) is 3. The van der Waals surface area contributed by atoms with E-state index in [0.29, 0.717) is 12.1 Å². The zero-order valence-corrected chi connectivity index (χ0v) is 12.6. The normalized spacial score (nSPS) is 21.0. The summed E-state index contributed by atoms with van der Waals surface area (Å²) in [5, 5.41) is 10.4. The van der Waals surface area contributed by atoms with Crippen LogP contribution in [-0.2, 0) is 0 Å². The van der Waals surface area contributed by atoms with E-state index in [2.05, 4.69) is 16.0 Å². The summed E-state index contributed by atoms with van der Waals surface area (Å²) in [6.45, 7) is 2.07. The first-order valence-corrected chi connectivity index (χ1v) is 7.39. The van der Waals surface area contributed by atoms with Crippen molar-refractivity contribution in [2.45, 2.75) is 31.3 Å². The number of nitrogens with one attached hydrogen (secondary N) is 3. The van der Waals surface area contributed by atoms with Gasteiger partial charge in [0.05, 0.1) is 11.0 Å². The number of halogens is 1. The first-order chi connectivity index (χ1) is 9.88. The van der Waals surface area contributed by atoms with Crippen molar-refractivity contribution in [3.05, 3.63) is 24.3 Å². The second-order valence-corrected chi connectivity index (χ2v) is 5.66. The number of rotatable bonds is 4. The third-order valence-electron chi connectivity index (χ3n) is 3.89. The lowest BCUT2D eigenvalue weighted by Gasteiger charge is -2.16. The minimum atomic E-state index is 0. The Kier molecular flexibility index (Phi) is 4.12. The van der Waals surface area contributed by atoms with E-state index in [1.807, 2.05) is 24.3 Å². The first kappa shape index (κ1) is 14.4. The highest BCUT2D eigenvalue weighted by Gasteiger charge is 2.24. The fourth-order valence-electron chi connectivity index (χ4n) is 2.59. The number of aromatic nitrogens is 2. The van der Waals surface area contributed by atoms with Crippen LogP contribution in [0.2, 0.25) is 0 Å². The van der Waals surface area contributed by atoms with Gasteiger partial charge in [-0.2, -0.15) is 0 Å². The molecule has 6 heteroatoms. The maximum absolute atomic E-state index is 4.76. The summed E-state index contributed by atoms with van der Waals surface area (Å²) >= 11 is 0. The number of benzene rings is 1. The lowest BCUT2D eigenvalue weighted by molar-refractivity contribution is 0.788. The number of para-hydroxylation sites is 2. The van der Waals surface area contributed by atoms with Crippen LogP contribution in [0.25, 0.3) is 11.0 Å². The van der Waals surface area contributed by atoms with E-state index < -0.39 is 0 Å². The third-order valence-corrected chi connectivity index (χ3v) is 3.89. The molecule has 1 aromatic heterocycles. The molecule has 21 heavy (non-hydrogen) atoms. The Morgan fingerprint density at radius 2 is 1.52 bits per heavy atom. The molecular weight excluding hydrogens is 286 g/mol. The average molecular weight is 306 g/mol. The minimum Gasteiger partial charge on any atom is -0.364 e. The molecule has 1 aromatic carbocycles. The molecule has 2 fully saturated rings. The van der Waals surface area contributed by atoms with Crippen LogP contribution in [0.1, 0.15) is 19.3 Å². The topological polar surface area (TPSA) is 61.9 Å². The third kappa shape index (κ3) is 3.19. The van der Waals surface area contributed by atoms with E-state index in [1.165, 1.54) is 12.8 Å². The number of nitrogens with zero attached hydrogens (tertiary/aromatic N) is 2. The molecule has 5 nitrogen and oxygen atoms in total. The van der Waals surface area contributed by atoms with Gasteiger partial charge in [0.25, 0.3) is 0 Å². The summed E-state index contributed by atoms with van der Waals surface area (Å²) in [7, 11) is 0. The zero-order valence-electron chi connectivity index (χ0n) is 11.8. The van der Waals surface area contributed by atoms with E-state index in [4.69, 9.17) is 9.97 Å². The largest absolute Gasteiger partial charge is 0.364 e. The van der Waals surface area contributed by atoms with Crippen LogP contribution < -0.4 is 16.0 Å². The van der Waals surface area contributed by atoms with Gasteiger partial charge < -0.3 is 16.0 Å². The minimum absolute atomic E-state index is 0. The van der Waals surface area contributed by atoms with Gasteiger partial charge in [-0.3, -0.25) is 0 Å². The average Bonchev–Trinajstić information content (AvgIpc) is 3.13. The van der Waals surface area contributed by atoms with Crippen molar-refractivity contribution in [2.24, 2.45) is 0 Å². The predicted molar refractivity (Wildman–Crippen MR) is 88.3 cm³/mol. The maximum Gasteiger partial charge on any atom is 0.170 e. The molecule has 0 amide bonds. The summed E-state index contributed by atoms with van der Waals surface area (Å²) in [5.41, 5.74) is 1.90. The van der Waals surface area contributed by atoms with E-state index >= 15 is 0 Å². The second-order valence-electron chi connectivity index (χ2n) is 5.66.